The molecular formula is C20H18N2O4S. The highest BCUT2D eigenvalue weighted by molar-refractivity contribution is 7.10. The van der Waals surface area contributed by atoms with Crippen molar-refractivity contribution in [1.29, 1.82) is 0 Å². The SMILES string of the molecule is O=C(COC(=O)Cn1ccccc1=O)N[C@@H](c1ccccc1)c1cccs1. The van der Waals surface area contributed by atoms with Crippen LogP contribution in [-0.4, -0.2) is 23.1 Å². The fraction of sp³-hybridized carbons (Fsp3) is 0.150. The summed E-state index contributed by atoms with van der Waals surface area (Å²) in [5, 5.41) is 4.83. The molecule has 0 aliphatic carbocycles. The van der Waals surface area contributed by atoms with Crippen LogP contribution in [0.15, 0.2) is 77.0 Å². The van der Waals surface area contributed by atoms with Crippen molar-refractivity contribution in [1.82, 2.24) is 9.88 Å². The van der Waals surface area contributed by atoms with Gasteiger partial charge < -0.3 is 14.6 Å². The summed E-state index contributed by atoms with van der Waals surface area (Å²) in [5.74, 6) is -1.06. The minimum absolute atomic E-state index is 0.236. The molecule has 1 amide bonds. The molecule has 0 radical (unpaired) electrons. The minimum atomic E-state index is -0.647. The third kappa shape index (κ3) is 5.15. The Hall–Kier alpha value is -3.19. The Morgan fingerprint density at radius 2 is 1.81 bits per heavy atom. The van der Waals surface area contributed by atoms with E-state index >= 15 is 0 Å². The summed E-state index contributed by atoms with van der Waals surface area (Å²) in [6.45, 7) is -0.644. The van der Waals surface area contributed by atoms with Crippen LogP contribution in [0.5, 0.6) is 0 Å². The quantitative estimate of drug-likeness (QED) is 0.637. The Balaban J connectivity index is 1.59. The van der Waals surface area contributed by atoms with Gasteiger partial charge in [0.25, 0.3) is 11.5 Å². The van der Waals surface area contributed by atoms with E-state index in [-0.39, 0.29) is 18.1 Å². The van der Waals surface area contributed by atoms with Crippen molar-refractivity contribution in [3.63, 3.8) is 0 Å². The molecule has 6 nitrogen and oxygen atoms in total. The Bertz CT molecular complexity index is 951. The summed E-state index contributed by atoms with van der Waals surface area (Å²) < 4.78 is 6.23. The number of aromatic nitrogens is 1. The van der Waals surface area contributed by atoms with Gasteiger partial charge in [0.15, 0.2) is 6.61 Å². The predicted molar refractivity (Wildman–Crippen MR) is 102 cm³/mol. The second-order valence-electron chi connectivity index (χ2n) is 5.75. The number of carbonyl (C=O) groups is 2. The van der Waals surface area contributed by atoms with Gasteiger partial charge in [-0.2, -0.15) is 0 Å². The second-order valence-corrected chi connectivity index (χ2v) is 6.73. The van der Waals surface area contributed by atoms with Crippen LogP contribution in [0, 0.1) is 0 Å². The smallest absolute Gasteiger partial charge is 0.326 e. The molecule has 0 spiro atoms. The lowest BCUT2D eigenvalue weighted by atomic mass is 10.1. The topological polar surface area (TPSA) is 77.4 Å². The van der Waals surface area contributed by atoms with Crippen LogP contribution in [0.4, 0.5) is 0 Å². The first kappa shape index (κ1) is 18.6. The van der Waals surface area contributed by atoms with E-state index in [1.807, 2.05) is 47.8 Å². The largest absolute Gasteiger partial charge is 0.454 e. The van der Waals surface area contributed by atoms with E-state index in [0.717, 1.165) is 10.4 Å². The van der Waals surface area contributed by atoms with Gasteiger partial charge in [0.05, 0.1) is 6.04 Å². The molecule has 2 aromatic heterocycles. The average Bonchev–Trinajstić information content (AvgIpc) is 3.21. The second kappa shape index (κ2) is 8.95. The molecule has 0 aliphatic heterocycles. The maximum Gasteiger partial charge on any atom is 0.326 e. The number of hydrogen-bond acceptors (Lipinski definition) is 5. The molecule has 1 atom stereocenters. The standard InChI is InChI=1S/C20H18N2O4S/c23-17(14-26-19(25)13-22-11-5-4-10-18(22)24)21-20(16-9-6-12-27-16)15-7-2-1-3-8-15/h1-12,20H,13-14H2,(H,21,23)/t20-/m0/s1. The molecule has 7 heteroatoms. The van der Waals surface area contributed by atoms with Gasteiger partial charge in [0.2, 0.25) is 0 Å². The number of hydrogen-bond donors (Lipinski definition) is 1. The normalized spacial score (nSPS) is 11.6. The highest BCUT2D eigenvalue weighted by Gasteiger charge is 2.18. The molecule has 27 heavy (non-hydrogen) atoms. The van der Waals surface area contributed by atoms with Crippen LogP contribution in [-0.2, 0) is 20.9 Å². The fourth-order valence-electron chi connectivity index (χ4n) is 2.54. The third-order valence-electron chi connectivity index (χ3n) is 3.83. The molecule has 1 N–H and O–H groups in total. The van der Waals surface area contributed by atoms with Crippen molar-refractivity contribution in [2.45, 2.75) is 12.6 Å². The zero-order chi connectivity index (χ0) is 19.1. The first-order valence-corrected chi connectivity index (χ1v) is 9.20. The number of nitrogens with one attached hydrogen (secondary N) is 1. The first-order chi connectivity index (χ1) is 13.1. The summed E-state index contributed by atoms with van der Waals surface area (Å²) in [4.78, 5) is 36.8. The van der Waals surface area contributed by atoms with E-state index in [4.69, 9.17) is 4.74 Å². The van der Waals surface area contributed by atoms with Crippen LogP contribution in [0.1, 0.15) is 16.5 Å². The van der Waals surface area contributed by atoms with Gasteiger partial charge in [0, 0.05) is 17.1 Å². The highest BCUT2D eigenvalue weighted by Crippen LogP contribution is 2.25. The molecule has 2 heterocycles. The molecule has 0 fully saturated rings. The van der Waals surface area contributed by atoms with Gasteiger partial charge in [-0.3, -0.25) is 14.4 Å². The number of thiophene rings is 1. The van der Waals surface area contributed by atoms with E-state index in [1.54, 1.807) is 12.1 Å². The van der Waals surface area contributed by atoms with Crippen molar-refractivity contribution in [2.24, 2.45) is 0 Å². The first-order valence-electron chi connectivity index (χ1n) is 8.32. The predicted octanol–water partition coefficient (Wildman–Crippen LogP) is 2.36. The zero-order valence-corrected chi connectivity index (χ0v) is 15.2. The van der Waals surface area contributed by atoms with Crippen molar-refractivity contribution >= 4 is 23.2 Å². The van der Waals surface area contributed by atoms with E-state index < -0.39 is 18.5 Å². The van der Waals surface area contributed by atoms with E-state index in [2.05, 4.69) is 5.32 Å². The number of pyridine rings is 1. The number of esters is 1. The molecule has 0 saturated heterocycles. The van der Waals surface area contributed by atoms with Crippen molar-refractivity contribution in [3.8, 4) is 0 Å². The van der Waals surface area contributed by atoms with Crippen LogP contribution in [0.3, 0.4) is 0 Å². The summed E-state index contributed by atoms with van der Waals surface area (Å²) in [5.41, 5.74) is 0.635. The van der Waals surface area contributed by atoms with Gasteiger partial charge in [0.1, 0.15) is 6.54 Å². The Morgan fingerprint density at radius 1 is 1.04 bits per heavy atom. The maximum absolute atomic E-state index is 12.3. The van der Waals surface area contributed by atoms with Crippen molar-refractivity contribution in [3.05, 3.63) is 93.0 Å². The van der Waals surface area contributed by atoms with Gasteiger partial charge in [-0.15, -0.1) is 11.3 Å². The van der Waals surface area contributed by atoms with Crippen LogP contribution < -0.4 is 10.9 Å². The van der Waals surface area contributed by atoms with Crippen LogP contribution in [0.2, 0.25) is 0 Å². The third-order valence-corrected chi connectivity index (χ3v) is 4.77. The van der Waals surface area contributed by atoms with Gasteiger partial charge in [-0.25, -0.2) is 0 Å². The van der Waals surface area contributed by atoms with Crippen molar-refractivity contribution in [2.75, 3.05) is 6.61 Å². The van der Waals surface area contributed by atoms with Gasteiger partial charge in [-0.1, -0.05) is 42.5 Å². The summed E-state index contributed by atoms with van der Waals surface area (Å²) in [6, 6.07) is 17.7. The summed E-state index contributed by atoms with van der Waals surface area (Å²) in [6.07, 6.45) is 1.49. The molecule has 0 bridgehead atoms. The summed E-state index contributed by atoms with van der Waals surface area (Å²) >= 11 is 1.54. The molecule has 3 rings (SSSR count). The van der Waals surface area contributed by atoms with Gasteiger partial charge >= 0.3 is 5.97 Å². The van der Waals surface area contributed by atoms with E-state index in [9.17, 15) is 14.4 Å². The number of rotatable bonds is 7. The van der Waals surface area contributed by atoms with Crippen LogP contribution >= 0.6 is 11.3 Å². The molecule has 1 aromatic carbocycles. The lowest BCUT2D eigenvalue weighted by Crippen LogP contribution is -2.33. The Labute approximate surface area is 160 Å². The minimum Gasteiger partial charge on any atom is -0.454 e. The Kier molecular flexibility index (Phi) is 6.17. The number of carbonyl (C=O) groups excluding carboxylic acids is 2. The fourth-order valence-corrected chi connectivity index (χ4v) is 3.35. The number of benzene rings is 1. The van der Waals surface area contributed by atoms with Crippen LogP contribution in [0.25, 0.3) is 0 Å². The number of ether oxygens (including phenoxy) is 1. The Morgan fingerprint density at radius 3 is 2.52 bits per heavy atom. The molecule has 0 saturated carbocycles. The lowest BCUT2D eigenvalue weighted by molar-refractivity contribution is -0.149. The number of nitrogens with zero attached hydrogens (tertiary/aromatic N) is 1. The monoisotopic (exact) mass is 382 g/mol. The van der Waals surface area contributed by atoms with Gasteiger partial charge in [-0.05, 0) is 23.1 Å². The average molecular weight is 382 g/mol. The molecule has 3 aromatic rings. The molecule has 0 aliphatic rings. The summed E-state index contributed by atoms with van der Waals surface area (Å²) in [7, 11) is 0. The van der Waals surface area contributed by atoms with Crippen molar-refractivity contribution < 1.29 is 14.3 Å². The number of amides is 1. The molecule has 0 unspecified atom stereocenters. The highest BCUT2D eigenvalue weighted by atomic mass is 32.1. The molecule has 138 valence electrons. The lowest BCUT2D eigenvalue weighted by Gasteiger charge is -2.18. The zero-order valence-electron chi connectivity index (χ0n) is 14.4. The maximum atomic E-state index is 12.3. The van der Waals surface area contributed by atoms with E-state index in [1.165, 1.54) is 28.2 Å². The van der Waals surface area contributed by atoms with E-state index in [0.29, 0.717) is 0 Å². The molecular weight excluding hydrogens is 364 g/mol.